The van der Waals surface area contributed by atoms with E-state index in [0.29, 0.717) is 0 Å². The topological polar surface area (TPSA) is 47.8 Å². The van der Waals surface area contributed by atoms with Crippen LogP contribution in [0.4, 0.5) is 0 Å². The second-order valence-corrected chi connectivity index (χ2v) is 7.91. The van der Waals surface area contributed by atoms with Crippen LogP contribution in [0.25, 0.3) is 11.4 Å². The normalized spacial score (nSPS) is 12.2. The standard InChI is InChI=1S/C21H23N3OS/c1-13-11-15(3)18(12-14(13)2)19(25)16(4)26-21-23-22-20(24(21)5)17-9-7-6-8-10-17/h6-12,16H,1-5H3/t16-/m1/s1. The first-order valence-corrected chi connectivity index (χ1v) is 9.50. The number of hydrogen-bond acceptors (Lipinski definition) is 4. The van der Waals surface area contributed by atoms with Crippen LogP contribution < -0.4 is 0 Å². The number of rotatable bonds is 5. The molecule has 0 radical (unpaired) electrons. The third-order valence-corrected chi connectivity index (χ3v) is 5.76. The molecule has 0 N–H and O–H groups in total. The molecule has 0 fully saturated rings. The van der Waals surface area contributed by atoms with E-state index >= 15 is 0 Å². The average Bonchev–Trinajstić information content (AvgIpc) is 2.99. The van der Waals surface area contributed by atoms with Crippen LogP contribution in [0.5, 0.6) is 0 Å². The predicted molar refractivity (Wildman–Crippen MR) is 107 cm³/mol. The first-order chi connectivity index (χ1) is 12.4. The number of thioether (sulfide) groups is 1. The molecule has 26 heavy (non-hydrogen) atoms. The first-order valence-electron chi connectivity index (χ1n) is 8.62. The molecule has 0 unspecified atom stereocenters. The summed E-state index contributed by atoms with van der Waals surface area (Å²) < 4.78 is 1.94. The summed E-state index contributed by atoms with van der Waals surface area (Å²) in [5, 5.41) is 9.09. The molecule has 0 saturated carbocycles. The Kier molecular flexibility index (Phi) is 5.28. The van der Waals surface area contributed by atoms with Crippen molar-refractivity contribution >= 4 is 17.5 Å². The lowest BCUT2D eigenvalue weighted by Gasteiger charge is -2.13. The van der Waals surface area contributed by atoms with Crippen molar-refractivity contribution in [2.24, 2.45) is 7.05 Å². The summed E-state index contributed by atoms with van der Waals surface area (Å²) in [5.41, 5.74) is 5.17. The lowest BCUT2D eigenvalue weighted by Crippen LogP contribution is -2.16. The van der Waals surface area contributed by atoms with Crippen LogP contribution >= 0.6 is 11.8 Å². The number of ketones is 1. The highest BCUT2D eigenvalue weighted by molar-refractivity contribution is 8.00. The molecule has 2 aromatic carbocycles. The van der Waals surface area contributed by atoms with Gasteiger partial charge in [0.05, 0.1) is 5.25 Å². The van der Waals surface area contributed by atoms with Crippen LogP contribution in [-0.4, -0.2) is 25.8 Å². The lowest BCUT2D eigenvalue weighted by molar-refractivity contribution is 0.0993. The van der Waals surface area contributed by atoms with Gasteiger partial charge in [-0.1, -0.05) is 48.2 Å². The highest BCUT2D eigenvalue weighted by Crippen LogP contribution is 2.28. The van der Waals surface area contributed by atoms with Crippen molar-refractivity contribution < 1.29 is 4.79 Å². The number of hydrogen-bond donors (Lipinski definition) is 0. The number of carbonyl (C=O) groups is 1. The Morgan fingerprint density at radius 1 is 1.00 bits per heavy atom. The Balaban J connectivity index is 1.83. The fourth-order valence-corrected chi connectivity index (χ4v) is 3.80. The second kappa shape index (κ2) is 7.46. The maximum atomic E-state index is 12.9. The molecule has 3 aromatic rings. The SMILES string of the molecule is Cc1cc(C)c(C(=O)[C@@H](C)Sc2nnc(-c3ccccc3)n2C)cc1C. The molecular weight excluding hydrogens is 342 g/mol. The number of carbonyl (C=O) groups excluding carboxylic acids is 1. The van der Waals surface area contributed by atoms with Gasteiger partial charge >= 0.3 is 0 Å². The van der Waals surface area contributed by atoms with Gasteiger partial charge in [-0.2, -0.15) is 0 Å². The molecule has 0 amide bonds. The zero-order valence-electron chi connectivity index (χ0n) is 15.8. The highest BCUT2D eigenvalue weighted by atomic mass is 32.2. The lowest BCUT2D eigenvalue weighted by atomic mass is 9.97. The summed E-state index contributed by atoms with van der Waals surface area (Å²) in [4.78, 5) is 12.9. The van der Waals surface area contributed by atoms with Gasteiger partial charge in [0.1, 0.15) is 0 Å². The molecule has 5 heteroatoms. The van der Waals surface area contributed by atoms with E-state index in [0.717, 1.165) is 33.2 Å². The Morgan fingerprint density at radius 3 is 2.35 bits per heavy atom. The minimum absolute atomic E-state index is 0.125. The number of nitrogens with zero attached hydrogens (tertiary/aromatic N) is 3. The fraction of sp³-hybridized carbons (Fsp3) is 0.286. The summed E-state index contributed by atoms with van der Waals surface area (Å²) >= 11 is 1.45. The third kappa shape index (κ3) is 3.58. The number of aromatic nitrogens is 3. The van der Waals surface area contributed by atoms with Crippen molar-refractivity contribution in [3.05, 3.63) is 64.7 Å². The van der Waals surface area contributed by atoms with E-state index in [9.17, 15) is 4.79 Å². The van der Waals surface area contributed by atoms with Crippen LogP contribution in [0.3, 0.4) is 0 Å². The zero-order chi connectivity index (χ0) is 18.8. The van der Waals surface area contributed by atoms with Crippen molar-refractivity contribution in [2.75, 3.05) is 0 Å². The van der Waals surface area contributed by atoms with Gasteiger partial charge in [-0.05, 0) is 50.5 Å². The van der Waals surface area contributed by atoms with Gasteiger partial charge in [-0.3, -0.25) is 4.79 Å². The van der Waals surface area contributed by atoms with Gasteiger partial charge in [-0.15, -0.1) is 10.2 Å². The largest absolute Gasteiger partial charge is 0.305 e. The molecular formula is C21H23N3OS. The van der Waals surface area contributed by atoms with Crippen LogP contribution in [0.1, 0.15) is 34.0 Å². The number of Topliss-reactive ketones (excluding diaryl/α,β-unsaturated/α-hetero) is 1. The van der Waals surface area contributed by atoms with Crippen LogP contribution in [-0.2, 0) is 7.05 Å². The maximum absolute atomic E-state index is 12.9. The summed E-state index contributed by atoms with van der Waals surface area (Å²) in [7, 11) is 1.93. The summed E-state index contributed by atoms with van der Waals surface area (Å²) in [5.74, 6) is 0.926. The van der Waals surface area contributed by atoms with Gasteiger partial charge in [-0.25, -0.2) is 0 Å². The summed E-state index contributed by atoms with van der Waals surface area (Å²) in [6.45, 7) is 8.03. The Hall–Kier alpha value is -2.40. The van der Waals surface area contributed by atoms with Gasteiger partial charge in [0, 0.05) is 18.2 Å². The first kappa shape index (κ1) is 18.4. The quantitative estimate of drug-likeness (QED) is 0.483. The molecule has 0 bridgehead atoms. The maximum Gasteiger partial charge on any atom is 0.191 e. The van der Waals surface area contributed by atoms with Crippen molar-refractivity contribution in [1.82, 2.24) is 14.8 Å². The minimum atomic E-state index is -0.234. The Morgan fingerprint density at radius 2 is 1.65 bits per heavy atom. The molecule has 134 valence electrons. The van der Waals surface area contributed by atoms with Gasteiger partial charge in [0.2, 0.25) is 0 Å². The van der Waals surface area contributed by atoms with E-state index in [2.05, 4.69) is 23.2 Å². The average molecular weight is 366 g/mol. The molecule has 0 aliphatic carbocycles. The third-order valence-electron chi connectivity index (χ3n) is 4.62. The highest BCUT2D eigenvalue weighted by Gasteiger charge is 2.22. The summed E-state index contributed by atoms with van der Waals surface area (Å²) in [6, 6.07) is 14.0. The predicted octanol–water partition coefficient (Wildman–Crippen LogP) is 4.77. The number of benzene rings is 2. The molecule has 1 heterocycles. The fourth-order valence-electron chi connectivity index (χ4n) is 2.91. The molecule has 3 rings (SSSR count). The summed E-state index contributed by atoms with van der Waals surface area (Å²) in [6.07, 6.45) is 0. The Labute approximate surface area is 158 Å². The minimum Gasteiger partial charge on any atom is -0.305 e. The van der Waals surface area contributed by atoms with Crippen LogP contribution in [0, 0.1) is 20.8 Å². The van der Waals surface area contributed by atoms with Crippen molar-refractivity contribution in [2.45, 2.75) is 38.1 Å². The van der Waals surface area contributed by atoms with E-state index in [1.54, 1.807) is 0 Å². The van der Waals surface area contributed by atoms with E-state index < -0.39 is 0 Å². The van der Waals surface area contributed by atoms with Crippen molar-refractivity contribution in [3.8, 4) is 11.4 Å². The molecule has 0 spiro atoms. The van der Waals surface area contributed by atoms with E-state index in [1.807, 2.05) is 68.8 Å². The van der Waals surface area contributed by atoms with Gasteiger partial charge in [0.15, 0.2) is 16.8 Å². The van der Waals surface area contributed by atoms with E-state index in [-0.39, 0.29) is 11.0 Å². The molecule has 0 saturated heterocycles. The monoisotopic (exact) mass is 365 g/mol. The molecule has 1 aromatic heterocycles. The van der Waals surface area contributed by atoms with Crippen molar-refractivity contribution in [3.63, 3.8) is 0 Å². The van der Waals surface area contributed by atoms with E-state index in [1.165, 1.54) is 17.3 Å². The Bertz CT molecular complexity index is 947. The van der Waals surface area contributed by atoms with Crippen LogP contribution in [0.15, 0.2) is 47.6 Å². The molecule has 0 aliphatic rings. The van der Waals surface area contributed by atoms with Crippen LogP contribution in [0.2, 0.25) is 0 Å². The van der Waals surface area contributed by atoms with Gasteiger partial charge in [0.25, 0.3) is 0 Å². The molecule has 0 aliphatic heterocycles. The van der Waals surface area contributed by atoms with Gasteiger partial charge < -0.3 is 4.57 Å². The molecule has 1 atom stereocenters. The van der Waals surface area contributed by atoms with Crippen molar-refractivity contribution in [1.29, 1.82) is 0 Å². The van der Waals surface area contributed by atoms with E-state index in [4.69, 9.17) is 0 Å². The number of aryl methyl sites for hydroxylation is 3. The molecule has 4 nitrogen and oxygen atoms in total. The zero-order valence-corrected chi connectivity index (χ0v) is 16.6. The smallest absolute Gasteiger partial charge is 0.191 e. The second-order valence-electron chi connectivity index (χ2n) is 6.61.